The van der Waals surface area contributed by atoms with Crippen LogP contribution in [0.3, 0.4) is 0 Å². The van der Waals surface area contributed by atoms with Crippen LogP contribution in [-0.2, 0) is 15.9 Å². The molecule has 0 saturated heterocycles. The van der Waals surface area contributed by atoms with Crippen LogP contribution >= 0.6 is 0 Å². The lowest BCUT2D eigenvalue weighted by molar-refractivity contribution is 0.331. The monoisotopic (exact) mass is 246 g/mol. The van der Waals surface area contributed by atoms with Crippen molar-refractivity contribution in [2.24, 2.45) is 9.98 Å². The summed E-state index contributed by atoms with van der Waals surface area (Å²) in [6.45, 7) is 2.46. The van der Waals surface area contributed by atoms with E-state index in [0.717, 1.165) is 6.42 Å². The average Bonchev–Trinajstić information content (AvgIpc) is 2.39. The predicted molar refractivity (Wildman–Crippen MR) is 72.3 cm³/mol. The highest BCUT2D eigenvalue weighted by molar-refractivity contribution is 5.94. The van der Waals surface area contributed by atoms with Gasteiger partial charge < -0.3 is 9.47 Å². The van der Waals surface area contributed by atoms with E-state index in [4.69, 9.17) is 9.47 Å². The van der Waals surface area contributed by atoms with E-state index in [0.29, 0.717) is 18.3 Å². The van der Waals surface area contributed by atoms with Crippen molar-refractivity contribution < 1.29 is 9.47 Å². The number of ether oxygens (including phenoxy) is 2. The molecule has 1 atom stereocenters. The largest absolute Gasteiger partial charge is 0.483 e. The van der Waals surface area contributed by atoms with Gasteiger partial charge >= 0.3 is 0 Å². The zero-order valence-corrected chi connectivity index (χ0v) is 11.0. The number of nitrogens with zero attached hydrogens (tertiary/aromatic N) is 2. The fraction of sp³-hybridized carbons (Fsp3) is 0.429. The first kappa shape index (κ1) is 12.6. The second-order valence-corrected chi connectivity index (χ2v) is 4.47. The summed E-state index contributed by atoms with van der Waals surface area (Å²) in [7, 11) is 3.25. The van der Waals surface area contributed by atoms with E-state index in [9.17, 15) is 0 Å². The van der Waals surface area contributed by atoms with Gasteiger partial charge in [0.15, 0.2) is 0 Å². The highest BCUT2D eigenvalue weighted by Crippen LogP contribution is 2.23. The van der Waals surface area contributed by atoms with Gasteiger partial charge in [-0.15, -0.1) is 0 Å². The van der Waals surface area contributed by atoms with Crippen molar-refractivity contribution in [2.45, 2.75) is 18.9 Å². The van der Waals surface area contributed by atoms with E-state index < -0.39 is 5.54 Å². The molecule has 18 heavy (non-hydrogen) atoms. The molecule has 0 N–H and O–H groups in total. The molecular weight excluding hydrogens is 228 g/mol. The molecule has 2 rings (SSSR count). The van der Waals surface area contributed by atoms with Crippen LogP contribution in [0.2, 0.25) is 0 Å². The molecule has 1 heterocycles. The molecule has 0 radical (unpaired) electrons. The molecule has 4 heteroatoms. The van der Waals surface area contributed by atoms with E-state index in [1.807, 2.05) is 25.1 Å². The van der Waals surface area contributed by atoms with E-state index in [1.54, 1.807) is 14.2 Å². The van der Waals surface area contributed by atoms with Crippen LogP contribution in [0.25, 0.3) is 0 Å². The second kappa shape index (κ2) is 5.21. The maximum atomic E-state index is 5.36. The van der Waals surface area contributed by atoms with Gasteiger partial charge in [0.05, 0.1) is 14.2 Å². The Bertz CT molecular complexity index is 468. The molecule has 1 aliphatic heterocycles. The van der Waals surface area contributed by atoms with Gasteiger partial charge in [0.1, 0.15) is 12.1 Å². The Morgan fingerprint density at radius 1 is 1.17 bits per heavy atom. The molecule has 1 unspecified atom stereocenters. The van der Waals surface area contributed by atoms with Crippen LogP contribution in [0, 0.1) is 0 Å². The highest BCUT2D eigenvalue weighted by Gasteiger charge is 2.35. The van der Waals surface area contributed by atoms with Crippen LogP contribution in [0.1, 0.15) is 12.5 Å². The minimum atomic E-state index is -0.486. The normalized spacial score (nSPS) is 23.1. The van der Waals surface area contributed by atoms with Crippen molar-refractivity contribution in [3.05, 3.63) is 35.9 Å². The van der Waals surface area contributed by atoms with E-state index in [2.05, 4.69) is 22.1 Å². The van der Waals surface area contributed by atoms with Crippen LogP contribution in [0.5, 0.6) is 0 Å². The molecule has 0 bridgehead atoms. The molecule has 1 aliphatic rings. The van der Waals surface area contributed by atoms with Gasteiger partial charge in [-0.1, -0.05) is 30.3 Å². The summed E-state index contributed by atoms with van der Waals surface area (Å²) in [4.78, 5) is 9.01. The Morgan fingerprint density at radius 3 is 2.50 bits per heavy atom. The van der Waals surface area contributed by atoms with Crippen molar-refractivity contribution in [1.82, 2.24) is 0 Å². The zero-order valence-electron chi connectivity index (χ0n) is 11.0. The fourth-order valence-electron chi connectivity index (χ4n) is 2.17. The highest BCUT2D eigenvalue weighted by atomic mass is 16.5. The first-order chi connectivity index (χ1) is 8.68. The van der Waals surface area contributed by atoms with Gasteiger partial charge in [0.2, 0.25) is 11.8 Å². The first-order valence-corrected chi connectivity index (χ1v) is 5.93. The number of rotatable bonds is 2. The molecule has 0 aromatic heterocycles. The van der Waals surface area contributed by atoms with Gasteiger partial charge in [0.25, 0.3) is 0 Å². The standard InChI is InChI=1S/C14H18N2O2/c1-14(9-11-7-5-4-6-8-11)13(18-3)15-10-12(16-14)17-2/h4-8H,9-10H2,1-3H3. The summed E-state index contributed by atoms with van der Waals surface area (Å²) >= 11 is 0. The van der Waals surface area contributed by atoms with Gasteiger partial charge in [-0.2, -0.15) is 0 Å². The molecule has 0 saturated carbocycles. The quantitative estimate of drug-likeness (QED) is 0.802. The lowest BCUT2D eigenvalue weighted by atomic mass is 9.92. The third-order valence-corrected chi connectivity index (χ3v) is 3.01. The van der Waals surface area contributed by atoms with Crippen LogP contribution in [0.15, 0.2) is 40.3 Å². The molecule has 0 amide bonds. The summed E-state index contributed by atoms with van der Waals surface area (Å²) in [5.41, 5.74) is 0.713. The maximum absolute atomic E-state index is 5.36. The molecule has 4 nitrogen and oxygen atoms in total. The smallest absolute Gasteiger partial charge is 0.212 e. The lowest BCUT2D eigenvalue weighted by Gasteiger charge is -2.29. The lowest BCUT2D eigenvalue weighted by Crippen LogP contribution is -2.41. The molecule has 0 aliphatic carbocycles. The number of hydrogen-bond donors (Lipinski definition) is 0. The Labute approximate surface area is 107 Å². The van der Waals surface area contributed by atoms with Gasteiger partial charge in [0, 0.05) is 6.42 Å². The average molecular weight is 246 g/mol. The Balaban J connectivity index is 2.28. The first-order valence-electron chi connectivity index (χ1n) is 5.93. The Hall–Kier alpha value is -1.84. The summed E-state index contributed by atoms with van der Waals surface area (Å²) < 4.78 is 10.6. The minimum Gasteiger partial charge on any atom is -0.483 e. The topological polar surface area (TPSA) is 43.2 Å². The third kappa shape index (κ3) is 2.53. The Kier molecular flexibility index (Phi) is 3.65. The molecule has 0 fully saturated rings. The molecule has 96 valence electrons. The van der Waals surface area contributed by atoms with Crippen LogP contribution in [0.4, 0.5) is 0 Å². The number of benzene rings is 1. The summed E-state index contributed by atoms with van der Waals surface area (Å²) in [5, 5.41) is 0. The van der Waals surface area contributed by atoms with Gasteiger partial charge in [-0.25, -0.2) is 9.98 Å². The van der Waals surface area contributed by atoms with Crippen molar-refractivity contribution in [3.8, 4) is 0 Å². The summed E-state index contributed by atoms with van der Waals surface area (Å²) in [6, 6.07) is 10.2. The number of aliphatic imine (C=N–C) groups is 2. The summed E-state index contributed by atoms with van der Waals surface area (Å²) in [5.74, 6) is 1.31. The van der Waals surface area contributed by atoms with E-state index in [1.165, 1.54) is 5.56 Å². The number of hydrogen-bond acceptors (Lipinski definition) is 4. The Morgan fingerprint density at radius 2 is 1.89 bits per heavy atom. The van der Waals surface area contributed by atoms with Gasteiger partial charge in [-0.3, -0.25) is 0 Å². The molecule has 0 spiro atoms. The number of methoxy groups -OCH3 is 2. The van der Waals surface area contributed by atoms with Gasteiger partial charge in [-0.05, 0) is 12.5 Å². The summed E-state index contributed by atoms with van der Waals surface area (Å²) in [6.07, 6.45) is 0.743. The van der Waals surface area contributed by atoms with Crippen molar-refractivity contribution in [2.75, 3.05) is 20.8 Å². The molecule has 1 aromatic rings. The van der Waals surface area contributed by atoms with Crippen LogP contribution < -0.4 is 0 Å². The van der Waals surface area contributed by atoms with E-state index >= 15 is 0 Å². The van der Waals surface area contributed by atoms with Crippen molar-refractivity contribution in [1.29, 1.82) is 0 Å². The van der Waals surface area contributed by atoms with Crippen LogP contribution in [-0.4, -0.2) is 38.1 Å². The molecular formula is C14H18N2O2. The second-order valence-electron chi connectivity index (χ2n) is 4.47. The SMILES string of the molecule is COC1=NC(C)(Cc2ccccc2)C(OC)=NC1. The minimum absolute atomic E-state index is 0.448. The molecule has 1 aromatic carbocycles. The predicted octanol–water partition coefficient (Wildman–Crippen LogP) is 2.09. The van der Waals surface area contributed by atoms with E-state index in [-0.39, 0.29) is 0 Å². The zero-order chi connectivity index (χ0) is 13.0. The maximum Gasteiger partial charge on any atom is 0.212 e. The van der Waals surface area contributed by atoms with Crippen molar-refractivity contribution >= 4 is 11.8 Å². The van der Waals surface area contributed by atoms with Crippen molar-refractivity contribution in [3.63, 3.8) is 0 Å². The third-order valence-electron chi connectivity index (χ3n) is 3.01. The fourth-order valence-corrected chi connectivity index (χ4v) is 2.17.